The van der Waals surface area contributed by atoms with Gasteiger partial charge in [-0.25, -0.2) is 15.0 Å². The number of ether oxygens (including phenoxy) is 1. The second-order valence-corrected chi connectivity index (χ2v) is 7.60. The third-order valence-electron chi connectivity index (χ3n) is 4.54. The van der Waals surface area contributed by atoms with Gasteiger partial charge >= 0.3 is 6.18 Å². The molecule has 1 aliphatic rings. The minimum absolute atomic E-state index is 0.477. The van der Waals surface area contributed by atoms with Crippen molar-refractivity contribution in [2.24, 2.45) is 0 Å². The van der Waals surface area contributed by atoms with Gasteiger partial charge in [0, 0.05) is 54.5 Å². The lowest BCUT2D eigenvalue weighted by Crippen LogP contribution is -2.31. The maximum Gasteiger partial charge on any atom is 0.451 e. The predicted molar refractivity (Wildman–Crippen MR) is 99.0 cm³/mol. The van der Waals surface area contributed by atoms with Gasteiger partial charge in [0.15, 0.2) is 0 Å². The minimum Gasteiger partial charge on any atom is -0.497 e. The minimum atomic E-state index is -4.51. The molecule has 4 rings (SSSR count). The maximum absolute atomic E-state index is 12.8. The third-order valence-corrected chi connectivity index (χ3v) is 5.57. The van der Waals surface area contributed by atoms with E-state index in [-0.39, 0.29) is 0 Å². The molecule has 1 aromatic carbocycles. The van der Waals surface area contributed by atoms with Gasteiger partial charge in [0.1, 0.15) is 10.8 Å². The lowest BCUT2D eigenvalue weighted by atomic mass is 10.1. The van der Waals surface area contributed by atoms with Gasteiger partial charge in [-0.1, -0.05) is 0 Å². The monoisotopic (exact) mass is 406 g/mol. The molecule has 0 aliphatic carbocycles. The Balaban J connectivity index is 1.44. The number of rotatable bonds is 4. The largest absolute Gasteiger partial charge is 0.497 e. The first-order chi connectivity index (χ1) is 13.4. The van der Waals surface area contributed by atoms with Crippen molar-refractivity contribution in [1.29, 1.82) is 0 Å². The molecule has 146 valence electrons. The van der Waals surface area contributed by atoms with Gasteiger partial charge in [0.25, 0.3) is 0 Å². The van der Waals surface area contributed by atoms with Crippen molar-refractivity contribution >= 4 is 11.3 Å². The van der Waals surface area contributed by atoms with Crippen molar-refractivity contribution in [2.45, 2.75) is 25.7 Å². The Morgan fingerprint density at radius 2 is 1.93 bits per heavy atom. The highest BCUT2D eigenvalue weighted by Gasteiger charge is 2.35. The summed E-state index contributed by atoms with van der Waals surface area (Å²) < 4.78 is 43.4. The van der Waals surface area contributed by atoms with E-state index in [2.05, 4.69) is 19.9 Å². The number of methoxy groups -OCH3 is 1. The zero-order valence-corrected chi connectivity index (χ0v) is 15.8. The van der Waals surface area contributed by atoms with Gasteiger partial charge in [-0.3, -0.25) is 4.90 Å². The molecule has 1 aliphatic heterocycles. The van der Waals surface area contributed by atoms with Crippen molar-refractivity contribution in [3.63, 3.8) is 0 Å². The molecule has 28 heavy (non-hydrogen) atoms. The van der Waals surface area contributed by atoms with Crippen LogP contribution in [0.4, 0.5) is 13.2 Å². The molecule has 0 spiro atoms. The number of thiazole rings is 1. The molecule has 0 radical (unpaired) electrons. The Labute approximate surface area is 163 Å². The highest BCUT2D eigenvalue weighted by molar-refractivity contribution is 7.15. The number of hydrogen-bond donors (Lipinski definition) is 0. The Morgan fingerprint density at radius 3 is 2.64 bits per heavy atom. The molecule has 5 nitrogen and oxygen atoms in total. The van der Waals surface area contributed by atoms with Gasteiger partial charge < -0.3 is 4.74 Å². The second-order valence-electron chi connectivity index (χ2n) is 6.48. The molecular formula is C19H17F3N4OS. The number of hydrogen-bond acceptors (Lipinski definition) is 6. The summed E-state index contributed by atoms with van der Waals surface area (Å²) in [6, 6.07) is 7.72. The van der Waals surface area contributed by atoms with E-state index in [0.717, 1.165) is 26.8 Å². The summed E-state index contributed by atoms with van der Waals surface area (Å²) in [5, 5.41) is 0.924. The standard InChI is InChI=1S/C19H17F3N4OS/c1-27-14-4-2-12(3-5-14)17-23-9-15(28-17)11-26-7-6-16-13(10-26)8-24-18(25-16)19(20,21)22/h2-5,8-9H,6-7,10-11H2,1H3. The fourth-order valence-electron chi connectivity index (χ4n) is 3.11. The van der Waals surface area contributed by atoms with Gasteiger partial charge in [-0.05, 0) is 24.3 Å². The van der Waals surface area contributed by atoms with Crippen LogP contribution in [0.3, 0.4) is 0 Å². The highest BCUT2D eigenvalue weighted by atomic mass is 32.1. The van der Waals surface area contributed by atoms with E-state index in [4.69, 9.17) is 4.74 Å². The average Bonchev–Trinajstić information content (AvgIpc) is 3.15. The number of aromatic nitrogens is 3. The molecule has 0 N–H and O–H groups in total. The van der Waals surface area contributed by atoms with Crippen molar-refractivity contribution in [2.75, 3.05) is 13.7 Å². The summed E-state index contributed by atoms with van der Waals surface area (Å²) in [6.45, 7) is 1.87. The molecule has 0 fully saturated rings. The normalized spacial score (nSPS) is 14.7. The Kier molecular flexibility index (Phi) is 5.03. The second kappa shape index (κ2) is 7.48. The highest BCUT2D eigenvalue weighted by Crippen LogP contribution is 2.30. The molecule has 0 bridgehead atoms. The van der Waals surface area contributed by atoms with Gasteiger partial charge in [-0.2, -0.15) is 13.2 Å². The number of halogens is 3. The van der Waals surface area contributed by atoms with Gasteiger partial charge in [-0.15, -0.1) is 11.3 Å². The topological polar surface area (TPSA) is 51.1 Å². The molecule has 2 aromatic heterocycles. The molecule has 0 unspecified atom stereocenters. The third kappa shape index (κ3) is 4.00. The maximum atomic E-state index is 12.8. The van der Waals surface area contributed by atoms with E-state index >= 15 is 0 Å². The number of benzene rings is 1. The number of nitrogens with zero attached hydrogens (tertiary/aromatic N) is 4. The molecule has 9 heteroatoms. The Bertz CT molecular complexity index is 972. The fourth-order valence-corrected chi connectivity index (χ4v) is 4.07. The fraction of sp³-hybridized carbons (Fsp3) is 0.316. The van der Waals surface area contributed by atoms with Crippen molar-refractivity contribution < 1.29 is 17.9 Å². The summed E-state index contributed by atoms with van der Waals surface area (Å²) in [4.78, 5) is 14.9. The van der Waals surface area contributed by atoms with Crippen LogP contribution in [0, 0.1) is 0 Å². The molecular weight excluding hydrogens is 389 g/mol. The van der Waals surface area contributed by atoms with Crippen molar-refractivity contribution in [1.82, 2.24) is 19.9 Å². The van der Waals surface area contributed by atoms with Crippen LogP contribution < -0.4 is 4.74 Å². The quantitative estimate of drug-likeness (QED) is 0.651. The van der Waals surface area contributed by atoms with Crippen LogP contribution in [-0.4, -0.2) is 33.5 Å². The molecule has 0 saturated heterocycles. The van der Waals surface area contributed by atoms with Crippen molar-refractivity contribution in [3.8, 4) is 16.3 Å². The van der Waals surface area contributed by atoms with Gasteiger partial charge in [0.05, 0.1) is 12.8 Å². The van der Waals surface area contributed by atoms with Crippen LogP contribution in [0.2, 0.25) is 0 Å². The first kappa shape index (κ1) is 18.8. The first-order valence-electron chi connectivity index (χ1n) is 8.66. The predicted octanol–water partition coefficient (Wildman–Crippen LogP) is 4.19. The van der Waals surface area contributed by atoms with Crippen LogP contribution in [0.5, 0.6) is 5.75 Å². The lowest BCUT2D eigenvalue weighted by molar-refractivity contribution is -0.145. The smallest absolute Gasteiger partial charge is 0.451 e. The first-order valence-corrected chi connectivity index (χ1v) is 9.47. The Morgan fingerprint density at radius 1 is 1.14 bits per heavy atom. The summed E-state index contributed by atoms with van der Waals surface area (Å²) in [5.41, 5.74) is 2.26. The molecule has 3 aromatic rings. The SMILES string of the molecule is COc1ccc(-c2ncc(CN3CCc4nc(C(F)(F)F)ncc4C3)s2)cc1. The average molecular weight is 406 g/mol. The molecule has 0 atom stereocenters. The van der Waals surface area contributed by atoms with Crippen molar-refractivity contribution in [3.05, 3.63) is 58.6 Å². The molecule has 3 heterocycles. The van der Waals surface area contributed by atoms with E-state index in [9.17, 15) is 13.2 Å². The van der Waals surface area contributed by atoms with E-state index in [0.29, 0.717) is 31.7 Å². The van der Waals surface area contributed by atoms with E-state index < -0.39 is 12.0 Å². The van der Waals surface area contributed by atoms with E-state index in [1.807, 2.05) is 30.5 Å². The van der Waals surface area contributed by atoms with Crippen LogP contribution in [0.15, 0.2) is 36.7 Å². The number of fused-ring (bicyclic) bond motifs is 1. The summed E-state index contributed by atoms with van der Waals surface area (Å²) >= 11 is 1.61. The van der Waals surface area contributed by atoms with Crippen LogP contribution in [0.25, 0.3) is 10.6 Å². The lowest BCUT2D eigenvalue weighted by Gasteiger charge is -2.27. The van der Waals surface area contributed by atoms with Crippen LogP contribution in [0.1, 0.15) is 22.0 Å². The summed E-state index contributed by atoms with van der Waals surface area (Å²) in [5.74, 6) is -0.269. The van der Waals surface area contributed by atoms with Crippen LogP contribution >= 0.6 is 11.3 Å². The van der Waals surface area contributed by atoms with Gasteiger partial charge in [0.2, 0.25) is 5.82 Å². The molecule has 0 saturated carbocycles. The zero-order valence-electron chi connectivity index (χ0n) is 15.0. The Hall–Kier alpha value is -2.52. The van der Waals surface area contributed by atoms with E-state index in [1.54, 1.807) is 18.4 Å². The van der Waals surface area contributed by atoms with E-state index in [1.165, 1.54) is 6.20 Å². The zero-order chi connectivity index (χ0) is 19.7. The van der Waals surface area contributed by atoms with Crippen LogP contribution in [-0.2, 0) is 25.7 Å². The summed E-state index contributed by atoms with van der Waals surface area (Å²) in [6.07, 6.45) is -0.881. The number of alkyl halides is 3. The molecule has 0 amide bonds. The summed E-state index contributed by atoms with van der Waals surface area (Å²) in [7, 11) is 1.63.